The van der Waals surface area contributed by atoms with Crippen molar-refractivity contribution in [3.8, 4) is 11.5 Å². The van der Waals surface area contributed by atoms with E-state index >= 15 is 0 Å². The van der Waals surface area contributed by atoms with Crippen LogP contribution in [-0.4, -0.2) is 26.6 Å². The van der Waals surface area contributed by atoms with E-state index in [2.05, 4.69) is 48.8 Å². The number of amidine groups is 1. The quantitative estimate of drug-likeness (QED) is 0.194. The molecule has 0 aromatic heterocycles. The zero-order valence-electron chi connectivity index (χ0n) is 18.4. The minimum Gasteiger partial charge on any atom is -0.493 e. The Morgan fingerprint density at radius 1 is 1.09 bits per heavy atom. The third kappa shape index (κ3) is 6.26. The van der Waals surface area contributed by atoms with Crippen LogP contribution in [0.3, 0.4) is 0 Å². The maximum atomic E-state index is 12.8. The molecular weight excluding hydrogens is 667 g/mol. The monoisotopic (exact) mass is 684 g/mol. The van der Waals surface area contributed by atoms with Crippen LogP contribution in [0.4, 0.5) is 5.69 Å². The summed E-state index contributed by atoms with van der Waals surface area (Å²) in [5.41, 5.74) is 2.28. The molecule has 1 aliphatic heterocycles. The summed E-state index contributed by atoms with van der Waals surface area (Å²) >= 11 is 6.79. The largest absolute Gasteiger partial charge is 0.493 e. The first-order valence-corrected chi connectivity index (χ1v) is 14.2. The zero-order chi connectivity index (χ0) is 25.2. The number of hydrogen-bond donors (Lipinski definition) is 1. The number of carbonyl (C=O) groups is 1. The van der Waals surface area contributed by atoms with Gasteiger partial charge in [0.15, 0.2) is 16.7 Å². The Morgan fingerprint density at radius 3 is 2.43 bits per heavy atom. The molecule has 0 bridgehead atoms. The average molecular weight is 685 g/mol. The van der Waals surface area contributed by atoms with Crippen LogP contribution in [0.15, 0.2) is 79.9 Å². The summed E-state index contributed by atoms with van der Waals surface area (Å²) in [6.07, 6.45) is 1.67. The van der Waals surface area contributed by atoms with Gasteiger partial charge < -0.3 is 14.2 Å². The van der Waals surface area contributed by atoms with Gasteiger partial charge in [0.25, 0.3) is 5.91 Å². The van der Waals surface area contributed by atoms with Crippen molar-refractivity contribution in [1.82, 2.24) is 5.32 Å². The molecule has 35 heavy (non-hydrogen) atoms. The molecule has 11 heteroatoms. The first kappa shape index (κ1) is 25.7. The van der Waals surface area contributed by atoms with Crippen LogP contribution >= 0.6 is 50.3 Å². The van der Waals surface area contributed by atoms with Gasteiger partial charge in [-0.3, -0.25) is 4.79 Å². The number of halogens is 2. The van der Waals surface area contributed by atoms with Gasteiger partial charge in [0.05, 0.1) is 22.2 Å². The molecule has 0 unspecified atom stereocenters. The van der Waals surface area contributed by atoms with Crippen molar-refractivity contribution >= 4 is 83.2 Å². The number of ether oxygens (including phenoxy) is 1. The van der Waals surface area contributed by atoms with E-state index in [0.29, 0.717) is 20.1 Å². The summed E-state index contributed by atoms with van der Waals surface area (Å²) in [6.45, 7) is 1.87. The standard InChI is InChI=1S/C24H18BrIN2O5S2/c1-14-3-9-18(10-4-14)35(30,31)33-22-19(25)11-15(12-20(22)32-2)13-21-23(29)28-24(34-21)27-17-7-5-16(26)6-8-17/h3-13H,1-2H3,(H,27,28,29)/b21-13+. The number of amides is 1. The first-order valence-electron chi connectivity index (χ1n) is 10.1. The molecule has 0 aliphatic carbocycles. The number of aryl methyl sites for hydroxylation is 1. The van der Waals surface area contributed by atoms with Crippen molar-refractivity contribution in [3.05, 3.63) is 84.7 Å². The maximum Gasteiger partial charge on any atom is 0.339 e. The normalized spacial score (nSPS) is 15.9. The molecule has 1 aliphatic rings. The second-order valence-electron chi connectivity index (χ2n) is 7.34. The van der Waals surface area contributed by atoms with Gasteiger partial charge in [-0.05, 0) is 117 Å². The molecule has 1 saturated heterocycles. The van der Waals surface area contributed by atoms with Gasteiger partial charge in [-0.25, -0.2) is 4.99 Å². The van der Waals surface area contributed by atoms with Crippen molar-refractivity contribution in [2.45, 2.75) is 11.8 Å². The summed E-state index contributed by atoms with van der Waals surface area (Å²) in [5, 5.41) is 3.22. The SMILES string of the molecule is COc1cc(/C=C2/SC(=Nc3ccc(I)cc3)NC2=O)cc(Br)c1OS(=O)(=O)c1ccc(C)cc1. The van der Waals surface area contributed by atoms with E-state index in [1.165, 1.54) is 31.0 Å². The third-order valence-electron chi connectivity index (χ3n) is 4.76. The molecule has 3 aromatic rings. The predicted molar refractivity (Wildman–Crippen MR) is 150 cm³/mol. The number of nitrogens with zero attached hydrogens (tertiary/aromatic N) is 1. The van der Waals surface area contributed by atoms with E-state index in [-0.39, 0.29) is 22.3 Å². The fraction of sp³-hybridized carbons (Fsp3) is 0.0833. The lowest BCUT2D eigenvalue weighted by atomic mass is 10.2. The van der Waals surface area contributed by atoms with Crippen LogP contribution < -0.4 is 14.2 Å². The van der Waals surface area contributed by atoms with Crippen LogP contribution in [0, 0.1) is 10.5 Å². The second kappa shape index (κ2) is 10.7. The van der Waals surface area contributed by atoms with E-state index in [1.807, 2.05) is 31.2 Å². The van der Waals surface area contributed by atoms with Gasteiger partial charge >= 0.3 is 10.1 Å². The Kier molecular flexibility index (Phi) is 7.89. The van der Waals surface area contributed by atoms with Gasteiger partial charge in [0, 0.05) is 3.57 Å². The van der Waals surface area contributed by atoms with Gasteiger partial charge in [-0.1, -0.05) is 17.7 Å². The minimum absolute atomic E-state index is 0.0136. The van der Waals surface area contributed by atoms with Crippen LogP contribution in [0.2, 0.25) is 0 Å². The zero-order valence-corrected chi connectivity index (χ0v) is 23.8. The molecule has 1 heterocycles. The number of aliphatic imine (C=N–C) groups is 1. The summed E-state index contributed by atoms with van der Waals surface area (Å²) in [7, 11) is -2.67. The molecule has 0 radical (unpaired) electrons. The van der Waals surface area contributed by atoms with Crippen molar-refractivity contribution in [2.75, 3.05) is 7.11 Å². The Hall–Kier alpha value is -2.35. The molecule has 7 nitrogen and oxygen atoms in total. The van der Waals surface area contributed by atoms with Crippen LogP contribution in [0.25, 0.3) is 6.08 Å². The number of hydrogen-bond acceptors (Lipinski definition) is 7. The van der Waals surface area contributed by atoms with Gasteiger partial charge in [-0.2, -0.15) is 8.42 Å². The predicted octanol–water partition coefficient (Wildman–Crippen LogP) is 6.03. The van der Waals surface area contributed by atoms with Gasteiger partial charge in [0.2, 0.25) is 0 Å². The van der Waals surface area contributed by atoms with E-state index in [9.17, 15) is 13.2 Å². The topological polar surface area (TPSA) is 94.1 Å². The summed E-state index contributed by atoms with van der Waals surface area (Å²) in [6, 6.07) is 17.2. The Balaban J connectivity index is 1.60. The highest BCUT2D eigenvalue weighted by Gasteiger charge is 2.25. The van der Waals surface area contributed by atoms with Crippen molar-refractivity contribution in [1.29, 1.82) is 0 Å². The fourth-order valence-electron chi connectivity index (χ4n) is 3.03. The lowest BCUT2D eigenvalue weighted by molar-refractivity contribution is -0.115. The number of carbonyl (C=O) groups excluding carboxylic acids is 1. The summed E-state index contributed by atoms with van der Waals surface area (Å²) in [5.74, 6) is -0.0746. The number of benzene rings is 3. The lowest BCUT2D eigenvalue weighted by Gasteiger charge is -2.13. The van der Waals surface area contributed by atoms with Crippen molar-refractivity contribution in [2.24, 2.45) is 4.99 Å². The van der Waals surface area contributed by atoms with Gasteiger partial charge in [0.1, 0.15) is 4.90 Å². The molecule has 180 valence electrons. The highest BCUT2D eigenvalue weighted by atomic mass is 127. The fourth-order valence-corrected chi connectivity index (χ4v) is 5.84. The Labute approximate surface area is 229 Å². The highest BCUT2D eigenvalue weighted by Crippen LogP contribution is 2.40. The molecule has 0 spiro atoms. The van der Waals surface area contributed by atoms with Crippen LogP contribution in [0.5, 0.6) is 11.5 Å². The van der Waals surface area contributed by atoms with E-state index in [1.54, 1.807) is 30.3 Å². The average Bonchev–Trinajstić information content (AvgIpc) is 3.15. The third-order valence-corrected chi connectivity index (χ3v) is 8.21. The number of methoxy groups -OCH3 is 1. The van der Waals surface area contributed by atoms with Crippen LogP contribution in [0.1, 0.15) is 11.1 Å². The lowest BCUT2D eigenvalue weighted by Crippen LogP contribution is -2.19. The van der Waals surface area contributed by atoms with E-state index < -0.39 is 10.1 Å². The summed E-state index contributed by atoms with van der Waals surface area (Å²) < 4.78 is 37.8. The molecule has 1 N–H and O–H groups in total. The highest BCUT2D eigenvalue weighted by molar-refractivity contribution is 14.1. The first-order chi connectivity index (χ1) is 16.6. The molecule has 0 atom stereocenters. The smallest absolute Gasteiger partial charge is 0.339 e. The molecule has 3 aromatic carbocycles. The van der Waals surface area contributed by atoms with Gasteiger partial charge in [-0.15, -0.1) is 0 Å². The minimum atomic E-state index is -4.08. The number of thioether (sulfide) groups is 1. The molecule has 1 fully saturated rings. The molecular formula is C24H18BrIN2O5S2. The summed E-state index contributed by atoms with van der Waals surface area (Å²) in [4.78, 5) is 17.4. The van der Waals surface area contributed by atoms with E-state index in [0.717, 1.165) is 14.8 Å². The number of rotatable bonds is 6. The molecule has 1 amide bonds. The van der Waals surface area contributed by atoms with Crippen molar-refractivity contribution < 1.29 is 22.1 Å². The van der Waals surface area contributed by atoms with E-state index in [4.69, 9.17) is 8.92 Å². The number of nitrogens with one attached hydrogen (secondary N) is 1. The maximum absolute atomic E-state index is 12.8. The molecule has 0 saturated carbocycles. The molecule has 4 rings (SSSR count). The Morgan fingerprint density at radius 2 is 1.77 bits per heavy atom. The van der Waals surface area contributed by atoms with Crippen LogP contribution in [-0.2, 0) is 14.9 Å². The Bertz CT molecular complexity index is 1450. The second-order valence-corrected chi connectivity index (χ2v) is 12.0. The van der Waals surface area contributed by atoms with Crippen molar-refractivity contribution in [3.63, 3.8) is 0 Å².